The van der Waals surface area contributed by atoms with Crippen LogP contribution in [0.1, 0.15) is 34.6 Å². The van der Waals surface area contributed by atoms with E-state index in [1.165, 1.54) is 0 Å². The molecule has 1 amide bonds. The number of hydrogen-bond acceptors (Lipinski definition) is 6. The molecule has 1 spiro atoms. The van der Waals surface area contributed by atoms with Crippen LogP contribution in [0.5, 0.6) is 0 Å². The first-order valence-corrected chi connectivity index (χ1v) is 8.78. The second-order valence-corrected chi connectivity index (χ2v) is 7.35. The summed E-state index contributed by atoms with van der Waals surface area (Å²) in [5, 5.41) is 8.02. The largest absolute Gasteiger partial charge is 0.353 e. The van der Waals surface area contributed by atoms with Gasteiger partial charge in [-0.05, 0) is 27.7 Å². The molecule has 0 unspecified atom stereocenters. The second-order valence-electron chi connectivity index (χ2n) is 7.35. The minimum atomic E-state index is -0.357. The molecule has 4 heterocycles. The highest BCUT2D eigenvalue weighted by atomic mass is 19.1. The average Bonchev–Trinajstić information content (AvgIpc) is 2.89. The molecule has 0 radical (unpaired) electrons. The molecule has 2 fully saturated rings. The zero-order valence-corrected chi connectivity index (χ0v) is 15.5. The molecule has 4 rings (SSSR count). The van der Waals surface area contributed by atoms with Crippen molar-refractivity contribution in [3.63, 3.8) is 0 Å². The Morgan fingerprint density at radius 3 is 2.46 bits per heavy atom. The lowest BCUT2D eigenvalue weighted by Crippen LogP contribution is -2.73. The topological polar surface area (TPSA) is 80.0 Å². The fourth-order valence-corrected chi connectivity index (χ4v) is 3.92. The monoisotopic (exact) mass is 359 g/mol. The van der Waals surface area contributed by atoms with Crippen LogP contribution < -0.4 is 4.90 Å². The lowest BCUT2D eigenvalue weighted by molar-refractivity contribution is -0.0114. The van der Waals surface area contributed by atoms with Crippen LogP contribution in [0.2, 0.25) is 0 Å². The van der Waals surface area contributed by atoms with Gasteiger partial charge in [-0.3, -0.25) is 4.79 Å². The number of halogens is 1. The number of anilines is 1. The van der Waals surface area contributed by atoms with Gasteiger partial charge in [0.1, 0.15) is 5.82 Å². The van der Waals surface area contributed by atoms with Crippen molar-refractivity contribution in [3.8, 4) is 0 Å². The van der Waals surface area contributed by atoms with Gasteiger partial charge in [0.25, 0.3) is 5.91 Å². The standard InChI is InChI=1S/C17H22FN7O/c1-5-25-11(3)14(21-22-25)16(26)24-8-17(9-24)6-23(7-17)15-13(18)10(2)19-12(4)20-15/h5-9H2,1-4H3. The lowest BCUT2D eigenvalue weighted by atomic mass is 9.72. The number of rotatable bonds is 3. The van der Waals surface area contributed by atoms with Gasteiger partial charge in [-0.1, -0.05) is 5.21 Å². The van der Waals surface area contributed by atoms with Gasteiger partial charge in [-0.25, -0.2) is 19.0 Å². The van der Waals surface area contributed by atoms with E-state index >= 15 is 0 Å². The summed E-state index contributed by atoms with van der Waals surface area (Å²) in [4.78, 5) is 24.6. The molecule has 2 aliphatic heterocycles. The van der Waals surface area contributed by atoms with E-state index < -0.39 is 0 Å². The molecule has 2 aliphatic rings. The molecular formula is C17H22FN7O. The van der Waals surface area contributed by atoms with Crippen molar-refractivity contribution >= 4 is 11.7 Å². The van der Waals surface area contributed by atoms with Gasteiger partial charge in [0.15, 0.2) is 17.3 Å². The molecule has 26 heavy (non-hydrogen) atoms. The van der Waals surface area contributed by atoms with Gasteiger partial charge in [0.2, 0.25) is 0 Å². The third-order valence-corrected chi connectivity index (χ3v) is 5.29. The van der Waals surface area contributed by atoms with E-state index in [-0.39, 0.29) is 17.1 Å². The van der Waals surface area contributed by atoms with Crippen LogP contribution in [0.4, 0.5) is 10.2 Å². The van der Waals surface area contributed by atoms with Crippen LogP contribution in [0.3, 0.4) is 0 Å². The van der Waals surface area contributed by atoms with Crippen LogP contribution in [-0.4, -0.2) is 61.9 Å². The predicted octanol–water partition coefficient (Wildman–Crippen LogP) is 1.11. The quantitative estimate of drug-likeness (QED) is 0.817. The first kappa shape index (κ1) is 16.9. The summed E-state index contributed by atoms with van der Waals surface area (Å²) in [6.07, 6.45) is 0. The Labute approximate surface area is 151 Å². The van der Waals surface area contributed by atoms with Crippen molar-refractivity contribution in [1.82, 2.24) is 29.9 Å². The summed E-state index contributed by atoms with van der Waals surface area (Å²) in [5.74, 6) is 0.502. The first-order valence-electron chi connectivity index (χ1n) is 8.78. The van der Waals surface area contributed by atoms with E-state index in [4.69, 9.17) is 0 Å². The Balaban J connectivity index is 1.40. The Kier molecular flexibility index (Phi) is 3.71. The predicted molar refractivity (Wildman–Crippen MR) is 92.4 cm³/mol. The smallest absolute Gasteiger partial charge is 0.276 e. The number of aryl methyl sites for hydroxylation is 3. The molecule has 0 aromatic carbocycles. The van der Waals surface area contributed by atoms with E-state index in [0.29, 0.717) is 55.8 Å². The molecule has 0 N–H and O–H groups in total. The van der Waals surface area contributed by atoms with Crippen LogP contribution >= 0.6 is 0 Å². The molecule has 0 atom stereocenters. The third-order valence-electron chi connectivity index (χ3n) is 5.29. The average molecular weight is 359 g/mol. The zero-order valence-electron chi connectivity index (χ0n) is 15.5. The molecule has 2 aromatic heterocycles. The second kappa shape index (κ2) is 5.72. The van der Waals surface area contributed by atoms with E-state index in [9.17, 15) is 9.18 Å². The SMILES string of the molecule is CCn1nnc(C(=O)N2CC3(C2)CN(c2nc(C)nc(C)c2F)C3)c1C. The van der Waals surface area contributed by atoms with E-state index in [2.05, 4.69) is 20.3 Å². The fraction of sp³-hybridized carbons (Fsp3) is 0.588. The highest BCUT2D eigenvalue weighted by Crippen LogP contribution is 2.42. The van der Waals surface area contributed by atoms with Gasteiger partial charge in [0, 0.05) is 38.1 Å². The Bertz CT molecular complexity index is 879. The Morgan fingerprint density at radius 1 is 1.15 bits per heavy atom. The molecule has 0 bridgehead atoms. The first-order chi connectivity index (χ1) is 12.3. The van der Waals surface area contributed by atoms with E-state index in [1.54, 1.807) is 23.4 Å². The highest BCUT2D eigenvalue weighted by molar-refractivity contribution is 5.94. The molecule has 8 nitrogen and oxygen atoms in total. The van der Waals surface area contributed by atoms with Gasteiger partial charge in [0.05, 0.1) is 11.4 Å². The van der Waals surface area contributed by atoms with E-state index in [0.717, 1.165) is 5.69 Å². The number of amides is 1. The normalized spacial score (nSPS) is 18.0. The maximum atomic E-state index is 14.3. The summed E-state index contributed by atoms with van der Waals surface area (Å²) in [6, 6.07) is 0. The van der Waals surface area contributed by atoms with Crippen molar-refractivity contribution in [2.24, 2.45) is 5.41 Å². The molecule has 2 aromatic rings. The Hall–Kier alpha value is -2.58. The summed E-state index contributed by atoms with van der Waals surface area (Å²) < 4.78 is 16.0. The number of carbonyl (C=O) groups excluding carboxylic acids is 1. The van der Waals surface area contributed by atoms with Crippen molar-refractivity contribution in [2.75, 3.05) is 31.1 Å². The van der Waals surface area contributed by atoms with Crippen molar-refractivity contribution in [3.05, 3.63) is 28.7 Å². The maximum Gasteiger partial charge on any atom is 0.276 e. The van der Waals surface area contributed by atoms with Crippen LogP contribution in [0, 0.1) is 32.0 Å². The van der Waals surface area contributed by atoms with Crippen molar-refractivity contribution in [1.29, 1.82) is 0 Å². The van der Waals surface area contributed by atoms with Gasteiger partial charge in [-0.15, -0.1) is 5.10 Å². The van der Waals surface area contributed by atoms with Crippen molar-refractivity contribution in [2.45, 2.75) is 34.2 Å². The zero-order chi connectivity index (χ0) is 18.6. The molecule has 0 saturated carbocycles. The lowest BCUT2D eigenvalue weighted by Gasteiger charge is -2.60. The van der Waals surface area contributed by atoms with Gasteiger partial charge >= 0.3 is 0 Å². The summed E-state index contributed by atoms with van der Waals surface area (Å²) in [5.41, 5.74) is 1.62. The molecule has 0 aliphatic carbocycles. The number of likely N-dealkylation sites (tertiary alicyclic amines) is 1. The molecule has 9 heteroatoms. The number of nitrogens with zero attached hydrogens (tertiary/aromatic N) is 7. The number of hydrogen-bond donors (Lipinski definition) is 0. The van der Waals surface area contributed by atoms with Crippen LogP contribution in [0.15, 0.2) is 0 Å². The summed E-state index contributed by atoms with van der Waals surface area (Å²) in [7, 11) is 0. The molecular weight excluding hydrogens is 337 g/mol. The van der Waals surface area contributed by atoms with Gasteiger partial charge in [-0.2, -0.15) is 0 Å². The number of carbonyl (C=O) groups is 1. The van der Waals surface area contributed by atoms with Crippen LogP contribution in [0.25, 0.3) is 0 Å². The maximum absolute atomic E-state index is 14.3. The van der Waals surface area contributed by atoms with Gasteiger partial charge < -0.3 is 9.80 Å². The molecule has 138 valence electrons. The molecule has 2 saturated heterocycles. The van der Waals surface area contributed by atoms with Crippen molar-refractivity contribution < 1.29 is 9.18 Å². The Morgan fingerprint density at radius 2 is 1.85 bits per heavy atom. The third kappa shape index (κ3) is 2.45. The summed E-state index contributed by atoms with van der Waals surface area (Å²) >= 11 is 0. The number of aromatic nitrogens is 5. The minimum Gasteiger partial charge on any atom is -0.353 e. The van der Waals surface area contributed by atoms with Crippen LogP contribution in [-0.2, 0) is 6.54 Å². The minimum absolute atomic E-state index is 0.0313. The summed E-state index contributed by atoms with van der Waals surface area (Å²) in [6.45, 7) is 10.6. The fourth-order valence-electron chi connectivity index (χ4n) is 3.92. The van der Waals surface area contributed by atoms with E-state index in [1.807, 2.05) is 18.7 Å². The highest BCUT2D eigenvalue weighted by Gasteiger charge is 2.54.